The number of carbonyl (C=O) groups excluding carboxylic acids is 1. The van der Waals surface area contributed by atoms with Crippen LogP contribution in [-0.4, -0.2) is 15.5 Å². The van der Waals surface area contributed by atoms with Crippen LogP contribution in [0.1, 0.15) is 24.9 Å². The first-order chi connectivity index (χ1) is 14.9. The lowest BCUT2D eigenvalue weighted by atomic mass is 10.1. The van der Waals surface area contributed by atoms with Gasteiger partial charge in [-0.2, -0.15) is 0 Å². The van der Waals surface area contributed by atoms with Gasteiger partial charge in [-0.3, -0.25) is 14.2 Å². The van der Waals surface area contributed by atoms with Gasteiger partial charge in [0, 0.05) is 26.7 Å². The Bertz CT molecular complexity index is 1330. The second kappa shape index (κ2) is 8.83. The SMILES string of the molecule is CCC(C(=O)Nc1cc(Cl)ccc1C)n1cnc2scc(-c3ccc(Cl)cc3)c2c1=O. The molecule has 1 unspecified atom stereocenters. The molecule has 8 heteroatoms. The van der Waals surface area contributed by atoms with E-state index in [0.717, 1.165) is 16.7 Å². The summed E-state index contributed by atoms with van der Waals surface area (Å²) in [5.74, 6) is -0.292. The van der Waals surface area contributed by atoms with E-state index in [1.807, 2.05) is 37.4 Å². The number of nitrogens with zero attached hydrogens (tertiary/aromatic N) is 2. The number of nitrogens with one attached hydrogen (secondary N) is 1. The Morgan fingerprint density at radius 3 is 2.58 bits per heavy atom. The molecule has 0 aliphatic carbocycles. The van der Waals surface area contributed by atoms with Gasteiger partial charge in [0.1, 0.15) is 10.9 Å². The van der Waals surface area contributed by atoms with Crippen LogP contribution in [-0.2, 0) is 4.79 Å². The molecule has 5 nitrogen and oxygen atoms in total. The molecule has 0 aliphatic heterocycles. The van der Waals surface area contributed by atoms with Crippen LogP contribution in [0, 0.1) is 6.92 Å². The third-order valence-corrected chi connectivity index (χ3v) is 6.53. The molecule has 4 rings (SSSR count). The normalized spacial score (nSPS) is 12.1. The van der Waals surface area contributed by atoms with E-state index in [4.69, 9.17) is 23.2 Å². The van der Waals surface area contributed by atoms with E-state index in [2.05, 4.69) is 10.3 Å². The number of amides is 1. The van der Waals surface area contributed by atoms with Crippen molar-refractivity contribution >= 4 is 56.3 Å². The summed E-state index contributed by atoms with van der Waals surface area (Å²) in [6.45, 7) is 3.75. The molecule has 158 valence electrons. The zero-order valence-corrected chi connectivity index (χ0v) is 19.2. The second-order valence-electron chi connectivity index (χ2n) is 7.17. The van der Waals surface area contributed by atoms with Crippen molar-refractivity contribution in [1.29, 1.82) is 0 Å². The quantitative estimate of drug-likeness (QED) is 0.369. The summed E-state index contributed by atoms with van der Waals surface area (Å²) in [5.41, 5.74) is 2.91. The summed E-state index contributed by atoms with van der Waals surface area (Å²) in [4.78, 5) is 31.6. The van der Waals surface area contributed by atoms with Gasteiger partial charge in [-0.25, -0.2) is 4.98 Å². The number of anilines is 1. The summed E-state index contributed by atoms with van der Waals surface area (Å²) in [7, 11) is 0. The van der Waals surface area contributed by atoms with Crippen molar-refractivity contribution in [3.8, 4) is 11.1 Å². The maximum Gasteiger partial charge on any atom is 0.263 e. The largest absolute Gasteiger partial charge is 0.324 e. The van der Waals surface area contributed by atoms with E-state index in [0.29, 0.717) is 32.4 Å². The van der Waals surface area contributed by atoms with Gasteiger partial charge in [-0.05, 0) is 48.7 Å². The number of halogens is 2. The van der Waals surface area contributed by atoms with Crippen LogP contribution < -0.4 is 10.9 Å². The van der Waals surface area contributed by atoms with Crippen LogP contribution in [0.3, 0.4) is 0 Å². The van der Waals surface area contributed by atoms with Gasteiger partial charge in [-0.1, -0.05) is 48.3 Å². The molecule has 1 amide bonds. The maximum atomic E-state index is 13.4. The monoisotopic (exact) mass is 471 g/mol. The van der Waals surface area contributed by atoms with E-state index in [-0.39, 0.29) is 11.5 Å². The molecule has 2 aromatic carbocycles. The third kappa shape index (κ3) is 4.24. The molecule has 31 heavy (non-hydrogen) atoms. The third-order valence-electron chi connectivity index (χ3n) is 5.16. The van der Waals surface area contributed by atoms with Crippen molar-refractivity contribution in [2.75, 3.05) is 5.32 Å². The molecule has 1 atom stereocenters. The maximum absolute atomic E-state index is 13.4. The van der Waals surface area contributed by atoms with Crippen molar-refractivity contribution in [2.24, 2.45) is 0 Å². The fraction of sp³-hybridized carbons (Fsp3) is 0.174. The molecule has 2 aromatic heterocycles. The first kappa shape index (κ1) is 21.6. The second-order valence-corrected chi connectivity index (χ2v) is 8.90. The van der Waals surface area contributed by atoms with Gasteiger partial charge < -0.3 is 5.32 Å². The number of hydrogen-bond donors (Lipinski definition) is 1. The first-order valence-electron chi connectivity index (χ1n) is 9.70. The molecule has 0 saturated carbocycles. The minimum absolute atomic E-state index is 0.249. The molecule has 0 bridgehead atoms. The van der Waals surface area contributed by atoms with E-state index in [1.165, 1.54) is 22.2 Å². The van der Waals surface area contributed by atoms with Crippen LogP contribution >= 0.6 is 34.5 Å². The number of hydrogen-bond acceptors (Lipinski definition) is 4. The Labute approximate surface area is 193 Å². The van der Waals surface area contributed by atoms with Crippen LogP contribution in [0.25, 0.3) is 21.3 Å². The van der Waals surface area contributed by atoms with Crippen LogP contribution in [0.15, 0.2) is 59.0 Å². The highest BCUT2D eigenvalue weighted by Gasteiger charge is 2.23. The van der Waals surface area contributed by atoms with Crippen molar-refractivity contribution in [1.82, 2.24) is 9.55 Å². The summed E-state index contributed by atoms with van der Waals surface area (Å²) in [6.07, 6.45) is 1.88. The molecule has 4 aromatic rings. The standard InChI is InChI=1S/C23H19Cl2N3O2S/c1-3-19(21(29)27-18-10-16(25)7-4-13(18)2)28-12-26-22-20(23(28)30)17(11-31-22)14-5-8-15(24)9-6-14/h4-12,19H,3H2,1-2H3,(H,27,29). The number of aryl methyl sites for hydroxylation is 1. The highest BCUT2D eigenvalue weighted by Crippen LogP contribution is 2.32. The Hall–Kier alpha value is -2.67. The number of aromatic nitrogens is 2. The molecular weight excluding hydrogens is 453 g/mol. The minimum Gasteiger partial charge on any atom is -0.324 e. The highest BCUT2D eigenvalue weighted by atomic mass is 35.5. The minimum atomic E-state index is -0.708. The van der Waals surface area contributed by atoms with E-state index in [9.17, 15) is 9.59 Å². The molecule has 0 radical (unpaired) electrons. The lowest BCUT2D eigenvalue weighted by Gasteiger charge is -2.18. The van der Waals surface area contributed by atoms with Gasteiger partial charge in [0.25, 0.3) is 5.56 Å². The molecule has 2 heterocycles. The number of benzene rings is 2. The Morgan fingerprint density at radius 1 is 1.16 bits per heavy atom. The van der Waals surface area contributed by atoms with Crippen LogP contribution in [0.4, 0.5) is 5.69 Å². The average molecular weight is 472 g/mol. The fourth-order valence-electron chi connectivity index (χ4n) is 3.46. The summed E-state index contributed by atoms with van der Waals surface area (Å²) in [5, 5.41) is 6.46. The van der Waals surface area contributed by atoms with Crippen molar-refractivity contribution < 1.29 is 4.79 Å². The number of rotatable bonds is 5. The van der Waals surface area contributed by atoms with E-state index < -0.39 is 6.04 Å². The number of thiophene rings is 1. The molecular formula is C23H19Cl2N3O2S. The summed E-state index contributed by atoms with van der Waals surface area (Å²) in [6, 6.07) is 11.9. The molecule has 0 aliphatic rings. The van der Waals surface area contributed by atoms with Crippen LogP contribution in [0.2, 0.25) is 10.0 Å². The lowest BCUT2D eigenvalue weighted by Crippen LogP contribution is -2.33. The Morgan fingerprint density at radius 2 is 1.87 bits per heavy atom. The van der Waals surface area contributed by atoms with Crippen molar-refractivity contribution in [2.45, 2.75) is 26.3 Å². The first-order valence-corrected chi connectivity index (χ1v) is 11.3. The van der Waals surface area contributed by atoms with Gasteiger partial charge in [0.15, 0.2) is 0 Å². The van der Waals surface area contributed by atoms with Gasteiger partial charge in [-0.15, -0.1) is 11.3 Å². The zero-order chi connectivity index (χ0) is 22.1. The predicted molar refractivity (Wildman–Crippen MR) is 128 cm³/mol. The smallest absolute Gasteiger partial charge is 0.263 e. The zero-order valence-electron chi connectivity index (χ0n) is 16.9. The molecule has 0 saturated heterocycles. The van der Waals surface area contributed by atoms with E-state index >= 15 is 0 Å². The average Bonchev–Trinajstić information content (AvgIpc) is 3.18. The molecule has 0 spiro atoms. The van der Waals surface area contributed by atoms with Gasteiger partial charge >= 0.3 is 0 Å². The Kier molecular flexibility index (Phi) is 6.14. The summed E-state index contributed by atoms with van der Waals surface area (Å²) >= 11 is 13.5. The van der Waals surface area contributed by atoms with E-state index in [1.54, 1.807) is 24.3 Å². The molecule has 0 fully saturated rings. The summed E-state index contributed by atoms with van der Waals surface area (Å²) < 4.78 is 1.41. The predicted octanol–water partition coefficient (Wildman–Crippen LogP) is 6.33. The number of carbonyl (C=O) groups is 1. The topological polar surface area (TPSA) is 64.0 Å². The van der Waals surface area contributed by atoms with Crippen LogP contribution in [0.5, 0.6) is 0 Å². The van der Waals surface area contributed by atoms with Crippen molar-refractivity contribution in [3.63, 3.8) is 0 Å². The fourth-order valence-corrected chi connectivity index (χ4v) is 4.67. The van der Waals surface area contributed by atoms with Crippen molar-refractivity contribution in [3.05, 3.63) is 80.1 Å². The highest BCUT2D eigenvalue weighted by molar-refractivity contribution is 7.17. The van der Waals surface area contributed by atoms with Gasteiger partial charge in [0.05, 0.1) is 11.7 Å². The number of fused-ring (bicyclic) bond motifs is 1. The lowest BCUT2D eigenvalue weighted by molar-refractivity contribution is -0.119. The Balaban J connectivity index is 1.75. The van der Waals surface area contributed by atoms with Gasteiger partial charge in [0.2, 0.25) is 5.91 Å². The molecule has 1 N–H and O–H groups in total.